The molecular weight excluding hydrogens is 260 g/mol. The number of nitrogens with zero attached hydrogens (tertiary/aromatic N) is 4. The fourth-order valence-corrected chi connectivity index (χ4v) is 1.70. The molecule has 0 fully saturated rings. The summed E-state index contributed by atoms with van der Waals surface area (Å²) in [7, 11) is 0. The zero-order chi connectivity index (χ0) is 13.9. The van der Waals surface area contributed by atoms with Crippen LogP contribution in [0.25, 0.3) is 22.8 Å². The lowest BCUT2D eigenvalue weighted by molar-refractivity contribution is 0.0691. The number of aromatic nitrogens is 4. The Hall–Kier alpha value is -3.09. The van der Waals surface area contributed by atoms with Gasteiger partial charge in [0.25, 0.3) is 0 Å². The van der Waals surface area contributed by atoms with Crippen LogP contribution in [0.3, 0.4) is 0 Å². The average molecular weight is 268 g/mol. The highest BCUT2D eigenvalue weighted by molar-refractivity contribution is 5.92. The summed E-state index contributed by atoms with van der Waals surface area (Å²) in [4.78, 5) is 27.3. The summed E-state index contributed by atoms with van der Waals surface area (Å²) in [6.07, 6.45) is 7.32. The van der Waals surface area contributed by atoms with Crippen molar-refractivity contribution in [2.75, 3.05) is 0 Å². The summed E-state index contributed by atoms with van der Waals surface area (Å²) in [6, 6.07) is 3.41. The van der Waals surface area contributed by atoms with Crippen molar-refractivity contribution in [3.63, 3.8) is 0 Å². The molecule has 3 aromatic rings. The van der Waals surface area contributed by atoms with Crippen LogP contribution >= 0.6 is 0 Å². The first-order valence-corrected chi connectivity index (χ1v) is 5.66. The summed E-state index contributed by atoms with van der Waals surface area (Å²) in [5.41, 5.74) is 0.999. The molecule has 0 bridgehead atoms. The van der Waals surface area contributed by atoms with E-state index in [4.69, 9.17) is 4.42 Å². The Morgan fingerprint density at radius 2 is 2.10 bits per heavy atom. The van der Waals surface area contributed by atoms with E-state index in [0.29, 0.717) is 11.3 Å². The minimum atomic E-state index is -1.16. The Morgan fingerprint density at radius 3 is 2.75 bits per heavy atom. The number of aromatic carboxylic acids is 1. The van der Waals surface area contributed by atoms with Gasteiger partial charge in [-0.3, -0.25) is 4.98 Å². The zero-order valence-electron chi connectivity index (χ0n) is 10.1. The number of hydrogen-bond acceptors (Lipinski definition) is 6. The molecule has 0 aliphatic heterocycles. The molecule has 1 N–H and O–H groups in total. The summed E-state index contributed by atoms with van der Waals surface area (Å²) < 4.78 is 5.13. The Kier molecular flexibility index (Phi) is 2.92. The Morgan fingerprint density at radius 1 is 1.20 bits per heavy atom. The van der Waals surface area contributed by atoms with Crippen LogP contribution in [0.15, 0.2) is 47.6 Å². The molecule has 7 nitrogen and oxygen atoms in total. The monoisotopic (exact) mass is 268 g/mol. The van der Waals surface area contributed by atoms with E-state index >= 15 is 0 Å². The molecule has 0 atom stereocenters. The molecule has 0 aliphatic carbocycles. The predicted molar refractivity (Wildman–Crippen MR) is 67.7 cm³/mol. The fourth-order valence-electron chi connectivity index (χ4n) is 1.70. The molecule has 3 rings (SSSR count). The highest BCUT2D eigenvalue weighted by Gasteiger charge is 2.18. The van der Waals surface area contributed by atoms with Crippen LogP contribution in [0, 0.1) is 0 Å². The number of pyridine rings is 1. The molecule has 0 spiro atoms. The van der Waals surface area contributed by atoms with E-state index in [1.165, 1.54) is 24.9 Å². The van der Waals surface area contributed by atoms with Gasteiger partial charge in [0.1, 0.15) is 17.7 Å². The number of carboxylic acid groups (broad SMARTS) is 1. The van der Waals surface area contributed by atoms with Gasteiger partial charge in [0.05, 0.1) is 12.4 Å². The third-order valence-electron chi connectivity index (χ3n) is 2.56. The largest absolute Gasteiger partial charge is 0.476 e. The second kappa shape index (κ2) is 4.88. The maximum absolute atomic E-state index is 11.2. The molecule has 0 amide bonds. The van der Waals surface area contributed by atoms with Crippen LogP contribution < -0.4 is 0 Å². The van der Waals surface area contributed by atoms with E-state index in [9.17, 15) is 9.90 Å². The van der Waals surface area contributed by atoms with Crippen molar-refractivity contribution in [2.45, 2.75) is 0 Å². The normalized spacial score (nSPS) is 10.4. The number of hydrogen-bond donors (Lipinski definition) is 1. The van der Waals surface area contributed by atoms with Gasteiger partial charge in [-0.25, -0.2) is 19.7 Å². The van der Waals surface area contributed by atoms with Crippen molar-refractivity contribution >= 4 is 5.97 Å². The van der Waals surface area contributed by atoms with Crippen LogP contribution in [0.5, 0.6) is 0 Å². The van der Waals surface area contributed by atoms with Gasteiger partial charge in [0, 0.05) is 18.0 Å². The van der Waals surface area contributed by atoms with Crippen LogP contribution in [-0.4, -0.2) is 31.0 Å². The third-order valence-corrected chi connectivity index (χ3v) is 2.56. The van der Waals surface area contributed by atoms with Gasteiger partial charge in [-0.05, 0) is 12.1 Å². The van der Waals surface area contributed by atoms with Gasteiger partial charge >= 0.3 is 5.97 Å². The maximum atomic E-state index is 11.2. The molecule has 0 saturated heterocycles. The smallest absolute Gasteiger partial charge is 0.356 e. The van der Waals surface area contributed by atoms with E-state index in [1.807, 2.05) is 0 Å². The minimum absolute atomic E-state index is 0.145. The van der Waals surface area contributed by atoms with Crippen molar-refractivity contribution in [1.82, 2.24) is 19.9 Å². The SMILES string of the molecule is O=C(O)c1ncc(-c2ncco2)nc1-c1cccnc1. The van der Waals surface area contributed by atoms with Crippen molar-refractivity contribution in [3.8, 4) is 22.8 Å². The molecule has 3 aromatic heterocycles. The minimum Gasteiger partial charge on any atom is -0.476 e. The second-order valence-electron chi connectivity index (χ2n) is 3.84. The molecule has 0 aliphatic rings. The van der Waals surface area contributed by atoms with E-state index < -0.39 is 5.97 Å². The van der Waals surface area contributed by atoms with Crippen LogP contribution in [0.2, 0.25) is 0 Å². The molecule has 20 heavy (non-hydrogen) atoms. The Balaban J connectivity index is 2.19. The average Bonchev–Trinajstić information content (AvgIpc) is 3.02. The molecule has 0 unspecified atom stereocenters. The van der Waals surface area contributed by atoms with Crippen LogP contribution in [-0.2, 0) is 0 Å². The molecular formula is C13H8N4O3. The lowest BCUT2D eigenvalue weighted by atomic mass is 10.1. The van der Waals surface area contributed by atoms with Crippen LogP contribution in [0.1, 0.15) is 10.5 Å². The summed E-state index contributed by atoms with van der Waals surface area (Å²) in [6.45, 7) is 0. The van der Waals surface area contributed by atoms with Gasteiger partial charge < -0.3 is 9.52 Å². The highest BCUT2D eigenvalue weighted by atomic mass is 16.4. The summed E-state index contributed by atoms with van der Waals surface area (Å²) >= 11 is 0. The second-order valence-corrected chi connectivity index (χ2v) is 3.84. The quantitative estimate of drug-likeness (QED) is 0.773. The van der Waals surface area contributed by atoms with Crippen molar-refractivity contribution in [3.05, 3.63) is 48.9 Å². The van der Waals surface area contributed by atoms with Crippen molar-refractivity contribution in [1.29, 1.82) is 0 Å². The van der Waals surface area contributed by atoms with E-state index in [-0.39, 0.29) is 17.3 Å². The van der Waals surface area contributed by atoms with Gasteiger partial charge in [0.2, 0.25) is 5.89 Å². The summed E-state index contributed by atoms with van der Waals surface area (Å²) in [5, 5.41) is 9.19. The summed E-state index contributed by atoms with van der Waals surface area (Å²) in [5.74, 6) is -0.880. The Bertz CT molecular complexity index is 742. The number of rotatable bonds is 3. The lowest BCUT2D eigenvalue weighted by Crippen LogP contribution is -2.06. The first-order chi connectivity index (χ1) is 9.75. The fraction of sp³-hybridized carbons (Fsp3) is 0. The molecule has 0 radical (unpaired) electrons. The third kappa shape index (κ3) is 2.12. The number of carbonyl (C=O) groups is 1. The number of carboxylic acids is 1. The first kappa shape index (κ1) is 12.0. The van der Waals surface area contributed by atoms with E-state index in [0.717, 1.165) is 0 Å². The van der Waals surface area contributed by atoms with Crippen molar-refractivity contribution in [2.24, 2.45) is 0 Å². The molecule has 7 heteroatoms. The van der Waals surface area contributed by atoms with E-state index in [1.54, 1.807) is 18.3 Å². The van der Waals surface area contributed by atoms with Crippen LogP contribution in [0.4, 0.5) is 0 Å². The van der Waals surface area contributed by atoms with E-state index in [2.05, 4.69) is 19.9 Å². The zero-order valence-corrected chi connectivity index (χ0v) is 10.1. The topological polar surface area (TPSA) is 102 Å². The standard InChI is InChI=1S/C13H8N4O3/c18-13(19)11-10(8-2-1-3-14-6-8)17-9(7-16-11)12-15-4-5-20-12/h1-7H,(H,18,19). The first-order valence-electron chi connectivity index (χ1n) is 5.66. The van der Waals surface area contributed by atoms with Gasteiger partial charge in [-0.1, -0.05) is 0 Å². The maximum Gasteiger partial charge on any atom is 0.356 e. The molecule has 3 heterocycles. The molecule has 0 saturated carbocycles. The molecule has 0 aromatic carbocycles. The van der Waals surface area contributed by atoms with Gasteiger partial charge in [0.15, 0.2) is 5.69 Å². The predicted octanol–water partition coefficient (Wildman–Crippen LogP) is 1.89. The highest BCUT2D eigenvalue weighted by Crippen LogP contribution is 2.23. The molecule has 98 valence electrons. The number of oxazole rings is 1. The van der Waals surface area contributed by atoms with Gasteiger partial charge in [-0.15, -0.1) is 0 Å². The Labute approximate surface area is 113 Å². The lowest BCUT2D eigenvalue weighted by Gasteiger charge is -2.05. The van der Waals surface area contributed by atoms with Gasteiger partial charge in [-0.2, -0.15) is 0 Å². The van der Waals surface area contributed by atoms with Crippen molar-refractivity contribution < 1.29 is 14.3 Å².